The highest BCUT2D eigenvalue weighted by molar-refractivity contribution is 6.36. The molecule has 5 heteroatoms. The zero-order valence-corrected chi connectivity index (χ0v) is 13.1. The standard InChI is InChI=1S/C15H19Cl2N3/c1-2-7-20-8-6-13-10(9-20)15(19-18-13)14-11(16)4-3-5-12(14)17/h3-5,10,15,19H,2,6-9H2,1H3. The van der Waals surface area contributed by atoms with Gasteiger partial charge in [-0.05, 0) is 25.1 Å². The molecule has 0 amide bonds. The molecule has 2 heterocycles. The summed E-state index contributed by atoms with van der Waals surface area (Å²) in [5.74, 6) is 0.382. The van der Waals surface area contributed by atoms with Crippen LogP contribution in [0.3, 0.4) is 0 Å². The predicted octanol–water partition coefficient (Wildman–Crippen LogP) is 3.73. The molecule has 0 aromatic heterocycles. The molecule has 1 aromatic rings. The van der Waals surface area contributed by atoms with Crippen LogP contribution < -0.4 is 5.43 Å². The molecular weight excluding hydrogens is 293 g/mol. The number of hydrogen-bond donors (Lipinski definition) is 1. The van der Waals surface area contributed by atoms with E-state index in [1.807, 2.05) is 18.2 Å². The van der Waals surface area contributed by atoms with Gasteiger partial charge in [0.25, 0.3) is 0 Å². The predicted molar refractivity (Wildman–Crippen MR) is 84.6 cm³/mol. The lowest BCUT2D eigenvalue weighted by Crippen LogP contribution is -2.42. The Labute approximate surface area is 129 Å². The summed E-state index contributed by atoms with van der Waals surface area (Å²) >= 11 is 12.7. The van der Waals surface area contributed by atoms with Crippen molar-refractivity contribution in [1.29, 1.82) is 0 Å². The number of likely N-dealkylation sites (tertiary alicyclic amines) is 1. The van der Waals surface area contributed by atoms with Gasteiger partial charge in [-0.2, -0.15) is 5.10 Å². The van der Waals surface area contributed by atoms with E-state index in [-0.39, 0.29) is 6.04 Å². The number of rotatable bonds is 3. The Bertz CT molecular complexity index is 510. The van der Waals surface area contributed by atoms with Crippen LogP contribution in [0.4, 0.5) is 0 Å². The van der Waals surface area contributed by atoms with Crippen LogP contribution in [0.1, 0.15) is 31.4 Å². The minimum atomic E-state index is 0.103. The lowest BCUT2D eigenvalue weighted by Gasteiger charge is -2.33. The topological polar surface area (TPSA) is 27.6 Å². The molecule has 3 rings (SSSR count). The Kier molecular flexibility index (Phi) is 4.20. The zero-order valence-electron chi connectivity index (χ0n) is 11.6. The fourth-order valence-corrected chi connectivity index (χ4v) is 3.84. The van der Waals surface area contributed by atoms with Gasteiger partial charge in [0.05, 0.1) is 6.04 Å². The average molecular weight is 312 g/mol. The molecule has 2 atom stereocenters. The van der Waals surface area contributed by atoms with Crippen molar-refractivity contribution >= 4 is 28.9 Å². The molecule has 2 unspecified atom stereocenters. The summed E-state index contributed by atoms with van der Waals surface area (Å²) < 4.78 is 0. The van der Waals surface area contributed by atoms with Gasteiger partial charge in [-0.15, -0.1) is 0 Å². The Morgan fingerprint density at radius 3 is 2.80 bits per heavy atom. The first-order valence-corrected chi connectivity index (χ1v) is 7.94. The summed E-state index contributed by atoms with van der Waals surface area (Å²) in [6.07, 6.45) is 2.22. The van der Waals surface area contributed by atoms with Crippen molar-refractivity contribution < 1.29 is 0 Å². The Morgan fingerprint density at radius 2 is 2.10 bits per heavy atom. The van der Waals surface area contributed by atoms with Crippen molar-refractivity contribution in [1.82, 2.24) is 10.3 Å². The van der Waals surface area contributed by atoms with Crippen LogP contribution >= 0.6 is 23.2 Å². The van der Waals surface area contributed by atoms with E-state index in [0.29, 0.717) is 5.92 Å². The van der Waals surface area contributed by atoms with Crippen LogP contribution in [0, 0.1) is 5.92 Å². The second-order valence-corrected chi connectivity index (χ2v) is 6.32. The highest BCUT2D eigenvalue weighted by Gasteiger charge is 2.38. The van der Waals surface area contributed by atoms with Crippen molar-refractivity contribution in [2.75, 3.05) is 19.6 Å². The van der Waals surface area contributed by atoms with Gasteiger partial charge in [-0.25, -0.2) is 0 Å². The maximum atomic E-state index is 6.35. The second kappa shape index (κ2) is 5.92. The maximum absolute atomic E-state index is 6.35. The van der Waals surface area contributed by atoms with Crippen molar-refractivity contribution in [3.05, 3.63) is 33.8 Å². The van der Waals surface area contributed by atoms with Crippen LogP contribution in [0.2, 0.25) is 10.0 Å². The molecule has 1 fully saturated rings. The monoisotopic (exact) mass is 311 g/mol. The molecule has 3 nitrogen and oxygen atoms in total. The normalized spacial score (nSPS) is 26.1. The summed E-state index contributed by atoms with van der Waals surface area (Å²) in [5, 5.41) is 5.96. The molecule has 2 aliphatic rings. The van der Waals surface area contributed by atoms with Gasteiger partial charge in [-0.3, -0.25) is 0 Å². The van der Waals surface area contributed by atoms with Gasteiger partial charge in [-0.1, -0.05) is 36.2 Å². The van der Waals surface area contributed by atoms with E-state index in [1.54, 1.807) is 0 Å². The van der Waals surface area contributed by atoms with Crippen molar-refractivity contribution in [2.24, 2.45) is 11.0 Å². The Hall–Kier alpha value is -0.770. The van der Waals surface area contributed by atoms with Gasteiger partial charge >= 0.3 is 0 Å². The maximum Gasteiger partial charge on any atom is 0.0811 e. The summed E-state index contributed by atoms with van der Waals surface area (Å²) in [7, 11) is 0. The van der Waals surface area contributed by atoms with Gasteiger partial charge in [0.2, 0.25) is 0 Å². The molecule has 1 N–H and O–H groups in total. The number of nitrogens with zero attached hydrogens (tertiary/aromatic N) is 2. The summed E-state index contributed by atoms with van der Waals surface area (Å²) in [5.41, 5.74) is 5.50. The molecule has 0 aliphatic carbocycles. The number of halogens is 2. The van der Waals surface area contributed by atoms with Crippen molar-refractivity contribution in [2.45, 2.75) is 25.8 Å². The molecule has 0 spiro atoms. The Morgan fingerprint density at radius 1 is 1.35 bits per heavy atom. The van der Waals surface area contributed by atoms with Crippen molar-refractivity contribution in [3.8, 4) is 0 Å². The number of hydrogen-bond acceptors (Lipinski definition) is 3. The third-order valence-corrected chi connectivity index (χ3v) is 4.83. The van der Waals surface area contributed by atoms with Crippen LogP contribution in [0.5, 0.6) is 0 Å². The second-order valence-electron chi connectivity index (χ2n) is 5.50. The van der Waals surface area contributed by atoms with Gasteiger partial charge < -0.3 is 10.3 Å². The molecule has 0 bridgehead atoms. The smallest absolute Gasteiger partial charge is 0.0811 e. The van der Waals surface area contributed by atoms with Crippen LogP contribution in [0.25, 0.3) is 0 Å². The summed E-state index contributed by atoms with van der Waals surface area (Å²) in [6.45, 7) is 5.51. The summed E-state index contributed by atoms with van der Waals surface area (Å²) in [6, 6.07) is 5.78. The molecule has 108 valence electrons. The van der Waals surface area contributed by atoms with E-state index in [1.165, 1.54) is 12.1 Å². The molecule has 0 radical (unpaired) electrons. The fourth-order valence-electron chi connectivity index (χ4n) is 3.20. The van der Waals surface area contributed by atoms with E-state index < -0.39 is 0 Å². The van der Waals surface area contributed by atoms with Gasteiger partial charge in [0, 0.05) is 46.7 Å². The summed E-state index contributed by atoms with van der Waals surface area (Å²) in [4.78, 5) is 2.51. The third kappa shape index (κ3) is 2.54. The number of piperidine rings is 1. The van der Waals surface area contributed by atoms with E-state index in [9.17, 15) is 0 Å². The average Bonchev–Trinajstić information content (AvgIpc) is 2.82. The largest absolute Gasteiger partial charge is 0.302 e. The number of hydrazone groups is 1. The van der Waals surface area contributed by atoms with E-state index in [2.05, 4.69) is 22.4 Å². The number of fused-ring (bicyclic) bond motifs is 1. The lowest BCUT2D eigenvalue weighted by molar-refractivity contribution is 0.228. The first-order chi connectivity index (χ1) is 9.70. The first-order valence-electron chi connectivity index (χ1n) is 7.19. The molecule has 0 saturated carbocycles. The highest BCUT2D eigenvalue weighted by atomic mass is 35.5. The molecule has 20 heavy (non-hydrogen) atoms. The van der Waals surface area contributed by atoms with Gasteiger partial charge in [0.1, 0.15) is 0 Å². The van der Waals surface area contributed by atoms with E-state index >= 15 is 0 Å². The molecule has 1 aromatic carbocycles. The minimum Gasteiger partial charge on any atom is -0.302 e. The van der Waals surface area contributed by atoms with Gasteiger partial charge in [0.15, 0.2) is 0 Å². The quantitative estimate of drug-likeness (QED) is 0.921. The van der Waals surface area contributed by atoms with E-state index in [4.69, 9.17) is 23.2 Å². The van der Waals surface area contributed by atoms with E-state index in [0.717, 1.165) is 41.7 Å². The third-order valence-electron chi connectivity index (χ3n) is 4.17. The first kappa shape index (κ1) is 14.2. The Balaban J connectivity index is 1.85. The molecule has 2 aliphatic heterocycles. The van der Waals surface area contributed by atoms with Crippen LogP contribution in [-0.2, 0) is 0 Å². The molecule has 1 saturated heterocycles. The highest BCUT2D eigenvalue weighted by Crippen LogP contribution is 2.39. The minimum absolute atomic E-state index is 0.103. The fraction of sp³-hybridized carbons (Fsp3) is 0.533. The van der Waals surface area contributed by atoms with Crippen LogP contribution in [-0.4, -0.2) is 30.2 Å². The van der Waals surface area contributed by atoms with Crippen LogP contribution in [0.15, 0.2) is 23.3 Å². The lowest BCUT2D eigenvalue weighted by atomic mass is 9.86. The van der Waals surface area contributed by atoms with Crippen molar-refractivity contribution in [3.63, 3.8) is 0 Å². The zero-order chi connectivity index (χ0) is 14.1. The SMILES string of the molecule is CCCN1CCC2=NNC(c3c(Cl)cccc3Cl)C2C1. The number of nitrogens with one attached hydrogen (secondary N) is 1. The number of benzene rings is 1. The molecular formula is C15H19Cl2N3.